The van der Waals surface area contributed by atoms with Gasteiger partial charge >= 0.3 is 0 Å². The van der Waals surface area contributed by atoms with E-state index in [9.17, 15) is 9.90 Å². The van der Waals surface area contributed by atoms with E-state index in [0.29, 0.717) is 0 Å². The molecule has 0 spiro atoms. The number of nitrogens with two attached hydrogens (primary N) is 1. The van der Waals surface area contributed by atoms with Crippen molar-refractivity contribution in [2.24, 2.45) is 5.73 Å². The summed E-state index contributed by atoms with van der Waals surface area (Å²) in [6, 6.07) is -0.443. The Balaban J connectivity index is 4.43. The number of carbonyl (C=O) groups excluding carboxylic acids is 1. The molecule has 1 unspecified atom stereocenters. The standard InChI is InChI=1S/C9H20N2O2/c1-6(7(10)12)11-8(2,3)9(4,5)13/h6,11,13H,1-5H3,(H2,10,12). The summed E-state index contributed by atoms with van der Waals surface area (Å²) in [6.45, 7) is 8.70. The van der Waals surface area contributed by atoms with Gasteiger partial charge in [0.05, 0.1) is 11.6 Å². The molecule has 0 fully saturated rings. The van der Waals surface area contributed by atoms with Crippen LogP contribution in [0.15, 0.2) is 0 Å². The molecule has 0 aliphatic carbocycles. The van der Waals surface area contributed by atoms with Crippen LogP contribution in [-0.4, -0.2) is 28.2 Å². The molecule has 0 aliphatic rings. The number of hydrogen-bond acceptors (Lipinski definition) is 3. The Morgan fingerprint density at radius 2 is 1.77 bits per heavy atom. The van der Waals surface area contributed by atoms with Crippen LogP contribution in [0.4, 0.5) is 0 Å². The van der Waals surface area contributed by atoms with E-state index >= 15 is 0 Å². The zero-order valence-corrected chi connectivity index (χ0v) is 9.01. The molecular weight excluding hydrogens is 168 g/mol. The lowest BCUT2D eigenvalue weighted by atomic mass is 9.85. The zero-order chi connectivity index (χ0) is 10.9. The molecule has 0 bridgehead atoms. The fraction of sp³-hybridized carbons (Fsp3) is 0.889. The summed E-state index contributed by atoms with van der Waals surface area (Å²) in [7, 11) is 0. The van der Waals surface area contributed by atoms with Crippen molar-refractivity contribution >= 4 is 5.91 Å². The molecule has 0 saturated carbocycles. The lowest BCUT2D eigenvalue weighted by Crippen LogP contribution is -2.60. The summed E-state index contributed by atoms with van der Waals surface area (Å²) in [5, 5.41) is 12.7. The maximum atomic E-state index is 10.8. The van der Waals surface area contributed by atoms with Crippen LogP contribution in [0.3, 0.4) is 0 Å². The molecule has 13 heavy (non-hydrogen) atoms. The third-order valence-electron chi connectivity index (χ3n) is 2.53. The second kappa shape index (κ2) is 3.64. The van der Waals surface area contributed by atoms with Gasteiger partial charge in [-0.3, -0.25) is 10.1 Å². The van der Waals surface area contributed by atoms with Gasteiger partial charge in [0.2, 0.25) is 5.91 Å². The number of rotatable bonds is 4. The van der Waals surface area contributed by atoms with Crippen molar-refractivity contribution in [1.82, 2.24) is 5.32 Å². The summed E-state index contributed by atoms with van der Waals surface area (Å²) < 4.78 is 0. The van der Waals surface area contributed by atoms with Crippen LogP contribution in [-0.2, 0) is 4.79 Å². The van der Waals surface area contributed by atoms with E-state index in [2.05, 4.69) is 5.32 Å². The summed E-state index contributed by atoms with van der Waals surface area (Å²) in [5.41, 5.74) is 3.64. The second-order valence-corrected chi connectivity index (χ2v) is 4.45. The lowest BCUT2D eigenvalue weighted by Gasteiger charge is -2.39. The smallest absolute Gasteiger partial charge is 0.234 e. The summed E-state index contributed by atoms with van der Waals surface area (Å²) in [6.07, 6.45) is 0. The highest BCUT2D eigenvalue weighted by Crippen LogP contribution is 2.20. The molecular formula is C9H20N2O2. The van der Waals surface area contributed by atoms with Crippen molar-refractivity contribution in [3.63, 3.8) is 0 Å². The van der Waals surface area contributed by atoms with Gasteiger partial charge in [-0.2, -0.15) is 0 Å². The number of primary amides is 1. The first-order chi connectivity index (χ1) is 5.58. The van der Waals surface area contributed by atoms with Gasteiger partial charge in [-0.15, -0.1) is 0 Å². The fourth-order valence-electron chi connectivity index (χ4n) is 0.789. The van der Waals surface area contributed by atoms with Gasteiger partial charge in [-0.05, 0) is 34.6 Å². The molecule has 0 heterocycles. The van der Waals surface area contributed by atoms with Gasteiger partial charge in [0.1, 0.15) is 0 Å². The molecule has 0 aliphatic heterocycles. The Kier molecular flexibility index (Phi) is 3.47. The molecule has 78 valence electrons. The molecule has 0 saturated heterocycles. The molecule has 0 rings (SSSR count). The minimum Gasteiger partial charge on any atom is -0.389 e. The second-order valence-electron chi connectivity index (χ2n) is 4.45. The number of nitrogens with one attached hydrogen (secondary N) is 1. The number of carbonyl (C=O) groups is 1. The van der Waals surface area contributed by atoms with Gasteiger partial charge in [0.25, 0.3) is 0 Å². The van der Waals surface area contributed by atoms with E-state index < -0.39 is 23.1 Å². The number of aliphatic hydroxyl groups is 1. The Morgan fingerprint density at radius 3 is 2.00 bits per heavy atom. The SMILES string of the molecule is CC(NC(C)(C)C(C)(C)O)C(N)=O. The Labute approximate surface area is 79.5 Å². The predicted octanol–water partition coefficient (Wildman–Crippen LogP) is -0.000700. The van der Waals surface area contributed by atoms with Gasteiger partial charge < -0.3 is 10.8 Å². The van der Waals surface area contributed by atoms with Crippen LogP contribution in [0.1, 0.15) is 34.6 Å². The van der Waals surface area contributed by atoms with E-state index in [1.165, 1.54) is 0 Å². The number of hydrogen-bond donors (Lipinski definition) is 3. The van der Waals surface area contributed by atoms with Gasteiger partial charge in [0, 0.05) is 5.54 Å². The maximum Gasteiger partial charge on any atom is 0.234 e. The average molecular weight is 188 g/mol. The monoisotopic (exact) mass is 188 g/mol. The molecule has 1 amide bonds. The molecule has 0 aromatic rings. The highest BCUT2D eigenvalue weighted by Gasteiger charge is 2.36. The Bertz CT molecular complexity index is 194. The third kappa shape index (κ3) is 3.32. The zero-order valence-electron chi connectivity index (χ0n) is 9.01. The van der Waals surface area contributed by atoms with Gasteiger partial charge in [-0.25, -0.2) is 0 Å². The molecule has 4 heteroatoms. The van der Waals surface area contributed by atoms with E-state index in [1.807, 2.05) is 13.8 Å². The van der Waals surface area contributed by atoms with Gasteiger partial charge in [-0.1, -0.05) is 0 Å². The lowest BCUT2D eigenvalue weighted by molar-refractivity contribution is -0.121. The molecule has 0 aromatic carbocycles. The predicted molar refractivity (Wildman–Crippen MR) is 52.2 cm³/mol. The van der Waals surface area contributed by atoms with Crippen molar-refractivity contribution in [2.45, 2.75) is 51.8 Å². The van der Waals surface area contributed by atoms with Crippen molar-refractivity contribution < 1.29 is 9.90 Å². The van der Waals surface area contributed by atoms with E-state index in [0.717, 1.165) is 0 Å². The fourth-order valence-corrected chi connectivity index (χ4v) is 0.789. The van der Waals surface area contributed by atoms with Crippen LogP contribution in [0, 0.1) is 0 Å². The van der Waals surface area contributed by atoms with Crippen molar-refractivity contribution in [3.05, 3.63) is 0 Å². The Morgan fingerprint density at radius 1 is 1.38 bits per heavy atom. The summed E-state index contributed by atoms with van der Waals surface area (Å²) >= 11 is 0. The van der Waals surface area contributed by atoms with Crippen molar-refractivity contribution in [1.29, 1.82) is 0 Å². The topological polar surface area (TPSA) is 75.3 Å². The van der Waals surface area contributed by atoms with E-state index in [1.54, 1.807) is 20.8 Å². The molecule has 0 radical (unpaired) electrons. The van der Waals surface area contributed by atoms with Crippen LogP contribution < -0.4 is 11.1 Å². The molecule has 4 nitrogen and oxygen atoms in total. The molecule has 0 aromatic heterocycles. The summed E-state index contributed by atoms with van der Waals surface area (Å²) in [5.74, 6) is -0.419. The van der Waals surface area contributed by atoms with E-state index in [4.69, 9.17) is 5.73 Å². The highest BCUT2D eigenvalue weighted by molar-refractivity contribution is 5.79. The number of amides is 1. The van der Waals surface area contributed by atoms with Crippen LogP contribution >= 0.6 is 0 Å². The normalized spacial score (nSPS) is 15.5. The summed E-state index contributed by atoms with van der Waals surface area (Å²) in [4.78, 5) is 10.8. The highest BCUT2D eigenvalue weighted by atomic mass is 16.3. The third-order valence-corrected chi connectivity index (χ3v) is 2.53. The Hall–Kier alpha value is -0.610. The van der Waals surface area contributed by atoms with E-state index in [-0.39, 0.29) is 0 Å². The van der Waals surface area contributed by atoms with Crippen LogP contribution in [0.25, 0.3) is 0 Å². The minimum atomic E-state index is -0.906. The largest absolute Gasteiger partial charge is 0.389 e. The molecule has 4 N–H and O–H groups in total. The van der Waals surface area contributed by atoms with Crippen molar-refractivity contribution in [2.75, 3.05) is 0 Å². The van der Waals surface area contributed by atoms with Gasteiger partial charge in [0.15, 0.2) is 0 Å². The molecule has 1 atom stereocenters. The first-order valence-electron chi connectivity index (χ1n) is 4.37. The van der Waals surface area contributed by atoms with Crippen molar-refractivity contribution in [3.8, 4) is 0 Å². The average Bonchev–Trinajstić information content (AvgIpc) is 1.83. The maximum absolute atomic E-state index is 10.8. The van der Waals surface area contributed by atoms with Crippen LogP contribution in [0.2, 0.25) is 0 Å². The quantitative estimate of drug-likeness (QED) is 0.581. The first-order valence-corrected chi connectivity index (χ1v) is 4.37. The van der Waals surface area contributed by atoms with Crippen LogP contribution in [0.5, 0.6) is 0 Å². The minimum absolute atomic E-state index is 0.419. The first kappa shape index (κ1) is 12.4.